The van der Waals surface area contributed by atoms with Crippen LogP contribution in [0.5, 0.6) is 0 Å². The second-order valence-corrected chi connectivity index (χ2v) is 7.45. The van der Waals surface area contributed by atoms with Crippen molar-refractivity contribution in [1.29, 1.82) is 0 Å². The molecule has 2 aromatic carbocycles. The number of hydrogen-bond acceptors (Lipinski definition) is 6. The average Bonchev–Trinajstić information content (AvgIpc) is 3.32. The highest BCUT2D eigenvalue weighted by molar-refractivity contribution is 7.09. The number of rotatable bonds is 5. The highest BCUT2D eigenvalue weighted by Gasteiger charge is 2.10. The molecule has 0 spiro atoms. The summed E-state index contributed by atoms with van der Waals surface area (Å²) in [4.78, 5) is 18.1. The Labute approximate surface area is 166 Å². The first-order valence-corrected chi connectivity index (χ1v) is 9.62. The van der Waals surface area contributed by atoms with Gasteiger partial charge in [-0.25, -0.2) is 4.98 Å². The topological polar surface area (TPSA) is 85.6 Å². The third-order valence-corrected chi connectivity index (χ3v) is 4.88. The molecular weight excluding hydrogens is 372 g/mol. The van der Waals surface area contributed by atoms with Crippen molar-refractivity contribution in [2.75, 3.05) is 5.32 Å². The quantitative estimate of drug-likeness (QED) is 0.561. The normalized spacial score (nSPS) is 10.8. The second-order valence-electron chi connectivity index (χ2n) is 6.39. The van der Waals surface area contributed by atoms with E-state index in [2.05, 4.69) is 25.7 Å². The summed E-state index contributed by atoms with van der Waals surface area (Å²) in [6, 6.07) is 15.4. The fraction of sp³-hybridized carbons (Fsp3) is 0.150. The predicted molar refractivity (Wildman–Crippen MR) is 109 cm³/mol. The van der Waals surface area contributed by atoms with Crippen LogP contribution in [-0.4, -0.2) is 31.1 Å². The van der Waals surface area contributed by atoms with E-state index in [1.165, 1.54) is 4.80 Å². The van der Waals surface area contributed by atoms with Gasteiger partial charge in [0.25, 0.3) is 0 Å². The van der Waals surface area contributed by atoms with Gasteiger partial charge < -0.3 is 5.32 Å². The first kappa shape index (κ1) is 18.0. The van der Waals surface area contributed by atoms with Crippen LogP contribution < -0.4 is 5.32 Å². The number of tetrazole rings is 1. The maximum absolute atomic E-state index is 12.4. The number of carbonyl (C=O) groups is 1. The van der Waals surface area contributed by atoms with Crippen molar-refractivity contribution < 1.29 is 4.79 Å². The van der Waals surface area contributed by atoms with Gasteiger partial charge >= 0.3 is 0 Å². The van der Waals surface area contributed by atoms with E-state index < -0.39 is 0 Å². The number of amides is 1. The van der Waals surface area contributed by atoms with E-state index in [9.17, 15) is 4.79 Å². The first-order valence-electron chi connectivity index (χ1n) is 8.74. The number of benzene rings is 2. The lowest BCUT2D eigenvalue weighted by Gasteiger charge is -2.06. The van der Waals surface area contributed by atoms with Gasteiger partial charge in [0.15, 0.2) is 0 Å². The van der Waals surface area contributed by atoms with Gasteiger partial charge in [-0.15, -0.1) is 21.5 Å². The fourth-order valence-electron chi connectivity index (χ4n) is 2.71. The van der Waals surface area contributed by atoms with E-state index in [1.54, 1.807) is 11.3 Å². The first-order chi connectivity index (χ1) is 13.6. The third kappa shape index (κ3) is 4.12. The summed E-state index contributed by atoms with van der Waals surface area (Å²) in [5.74, 6) is 0.271. The van der Waals surface area contributed by atoms with Crippen LogP contribution in [0.2, 0.25) is 0 Å². The minimum atomic E-state index is -0.223. The molecule has 0 saturated carbocycles. The summed E-state index contributed by atoms with van der Waals surface area (Å²) in [6.07, 6.45) is 0. The molecule has 2 aromatic heterocycles. The molecule has 4 rings (SSSR count). The molecule has 0 unspecified atom stereocenters. The van der Waals surface area contributed by atoms with Gasteiger partial charge in [0.2, 0.25) is 11.7 Å². The van der Waals surface area contributed by atoms with Gasteiger partial charge in [-0.2, -0.15) is 4.80 Å². The molecule has 1 N–H and O–H groups in total. The van der Waals surface area contributed by atoms with Gasteiger partial charge in [-0.05, 0) is 31.2 Å². The van der Waals surface area contributed by atoms with Crippen LogP contribution in [0.1, 0.15) is 10.6 Å². The van der Waals surface area contributed by atoms with E-state index in [1.807, 2.05) is 67.8 Å². The highest BCUT2D eigenvalue weighted by atomic mass is 32.1. The zero-order valence-electron chi connectivity index (χ0n) is 15.5. The lowest BCUT2D eigenvalue weighted by atomic mass is 10.1. The van der Waals surface area contributed by atoms with Crippen LogP contribution >= 0.6 is 11.3 Å². The summed E-state index contributed by atoms with van der Waals surface area (Å²) >= 11 is 1.60. The molecule has 1 amide bonds. The number of aromatic nitrogens is 5. The Morgan fingerprint density at radius 1 is 1.11 bits per heavy atom. The molecular formula is C20H18N6OS. The number of thiazole rings is 1. The molecule has 0 aliphatic carbocycles. The van der Waals surface area contributed by atoms with Crippen molar-refractivity contribution in [2.45, 2.75) is 20.4 Å². The monoisotopic (exact) mass is 390 g/mol. The summed E-state index contributed by atoms with van der Waals surface area (Å²) in [6.45, 7) is 3.97. The predicted octanol–water partition coefficient (Wildman–Crippen LogP) is 3.72. The Kier molecular flexibility index (Phi) is 4.94. The Balaban J connectivity index is 1.43. The minimum Gasteiger partial charge on any atom is -0.324 e. The summed E-state index contributed by atoms with van der Waals surface area (Å²) in [5.41, 5.74) is 4.59. The lowest BCUT2D eigenvalue weighted by molar-refractivity contribution is -0.117. The Bertz CT molecular complexity index is 1120. The van der Waals surface area contributed by atoms with Crippen molar-refractivity contribution >= 4 is 22.9 Å². The van der Waals surface area contributed by atoms with Crippen molar-refractivity contribution in [3.05, 3.63) is 64.5 Å². The van der Waals surface area contributed by atoms with Gasteiger partial charge in [-0.3, -0.25) is 4.79 Å². The lowest BCUT2D eigenvalue weighted by Crippen LogP contribution is -2.20. The summed E-state index contributed by atoms with van der Waals surface area (Å²) < 4.78 is 0. The standard InChI is InChI=1S/C20H18N6OS/c1-13-6-8-15(9-7-13)20-23-25-26(24-20)11-19(27)22-17-5-3-4-16(10-17)18-12-28-14(2)21-18/h3-10,12H,11H2,1-2H3,(H,22,27). The molecule has 28 heavy (non-hydrogen) atoms. The average molecular weight is 390 g/mol. The molecule has 0 bridgehead atoms. The van der Waals surface area contributed by atoms with E-state index in [0.29, 0.717) is 11.5 Å². The number of aryl methyl sites for hydroxylation is 2. The van der Waals surface area contributed by atoms with E-state index in [0.717, 1.165) is 27.4 Å². The van der Waals surface area contributed by atoms with Gasteiger partial charge in [0.1, 0.15) is 6.54 Å². The molecule has 4 aromatic rings. The largest absolute Gasteiger partial charge is 0.324 e. The number of carbonyl (C=O) groups excluding carboxylic acids is 1. The molecule has 140 valence electrons. The van der Waals surface area contributed by atoms with Gasteiger partial charge in [-0.1, -0.05) is 42.0 Å². The fourth-order valence-corrected chi connectivity index (χ4v) is 3.33. The summed E-state index contributed by atoms with van der Waals surface area (Å²) in [5, 5.41) is 18.2. The highest BCUT2D eigenvalue weighted by Crippen LogP contribution is 2.24. The molecule has 7 nitrogen and oxygen atoms in total. The molecule has 0 saturated heterocycles. The number of hydrogen-bond donors (Lipinski definition) is 1. The Morgan fingerprint density at radius 2 is 1.93 bits per heavy atom. The maximum atomic E-state index is 12.4. The molecule has 0 aliphatic heterocycles. The van der Waals surface area contributed by atoms with Crippen LogP contribution in [0.3, 0.4) is 0 Å². The molecule has 0 atom stereocenters. The molecule has 0 fully saturated rings. The third-order valence-electron chi connectivity index (χ3n) is 4.11. The zero-order valence-corrected chi connectivity index (χ0v) is 16.3. The van der Waals surface area contributed by atoms with Crippen LogP contribution in [0.4, 0.5) is 5.69 Å². The number of anilines is 1. The van der Waals surface area contributed by atoms with Crippen LogP contribution in [-0.2, 0) is 11.3 Å². The molecule has 2 heterocycles. The smallest absolute Gasteiger partial charge is 0.248 e. The van der Waals surface area contributed by atoms with Crippen molar-refractivity contribution in [3.63, 3.8) is 0 Å². The number of nitrogens with zero attached hydrogens (tertiary/aromatic N) is 5. The van der Waals surface area contributed by atoms with Crippen LogP contribution in [0.15, 0.2) is 53.9 Å². The molecule has 0 aliphatic rings. The van der Waals surface area contributed by atoms with Crippen molar-refractivity contribution in [3.8, 4) is 22.6 Å². The second kappa shape index (κ2) is 7.69. The summed E-state index contributed by atoms with van der Waals surface area (Å²) in [7, 11) is 0. The van der Waals surface area contributed by atoms with E-state index >= 15 is 0 Å². The van der Waals surface area contributed by atoms with Crippen molar-refractivity contribution in [1.82, 2.24) is 25.2 Å². The van der Waals surface area contributed by atoms with Crippen LogP contribution in [0, 0.1) is 13.8 Å². The number of nitrogens with one attached hydrogen (secondary N) is 1. The van der Waals surface area contributed by atoms with Gasteiger partial charge in [0.05, 0.1) is 10.7 Å². The molecule has 0 radical (unpaired) electrons. The van der Waals surface area contributed by atoms with Gasteiger partial charge in [0, 0.05) is 22.2 Å². The zero-order chi connectivity index (χ0) is 19.5. The maximum Gasteiger partial charge on any atom is 0.248 e. The SMILES string of the molecule is Cc1ccc(-c2nnn(CC(=O)Nc3cccc(-c4csc(C)n4)c3)n2)cc1. The van der Waals surface area contributed by atoms with E-state index in [-0.39, 0.29) is 12.5 Å². The van der Waals surface area contributed by atoms with Crippen LogP contribution in [0.25, 0.3) is 22.6 Å². The Morgan fingerprint density at radius 3 is 2.68 bits per heavy atom. The van der Waals surface area contributed by atoms with Crippen molar-refractivity contribution in [2.24, 2.45) is 0 Å². The molecule has 8 heteroatoms. The minimum absolute atomic E-state index is 0.0150. The Hall–Kier alpha value is -3.39. The van der Waals surface area contributed by atoms with E-state index in [4.69, 9.17) is 0 Å².